The van der Waals surface area contributed by atoms with Crippen LogP contribution in [0.2, 0.25) is 0 Å². The summed E-state index contributed by atoms with van der Waals surface area (Å²) < 4.78 is 0. The Balaban J connectivity index is 0.00000112. The Kier molecular flexibility index (Phi) is 5.92. The van der Waals surface area contributed by atoms with Crippen molar-refractivity contribution >= 4 is 0 Å². The zero-order valence-corrected chi connectivity index (χ0v) is 22.2. The van der Waals surface area contributed by atoms with Crippen LogP contribution in [-0.4, -0.2) is 0 Å². The van der Waals surface area contributed by atoms with E-state index in [1.807, 2.05) is 13.8 Å². The van der Waals surface area contributed by atoms with Gasteiger partial charge in [-0.25, -0.2) is 0 Å². The Hall–Kier alpha value is -0.520. The molecule has 5 aliphatic rings. The van der Waals surface area contributed by atoms with Crippen LogP contribution in [0.5, 0.6) is 0 Å². The van der Waals surface area contributed by atoms with Crippen molar-refractivity contribution < 1.29 is 0 Å². The summed E-state index contributed by atoms with van der Waals surface area (Å²) in [5.74, 6) is 5.45. The second-order valence-electron chi connectivity index (χ2n) is 13.6. The van der Waals surface area contributed by atoms with Crippen LogP contribution in [0, 0.1) is 57.2 Å². The molecule has 0 amide bonds. The molecule has 4 saturated carbocycles. The van der Waals surface area contributed by atoms with E-state index in [-0.39, 0.29) is 0 Å². The molecule has 0 aliphatic heterocycles. The lowest BCUT2D eigenvalue weighted by atomic mass is 9.37. The number of fused-ring (bicyclic) bond motifs is 7. The summed E-state index contributed by atoms with van der Waals surface area (Å²) >= 11 is 0. The van der Waals surface area contributed by atoms with Crippen molar-refractivity contribution in [2.24, 2.45) is 57.2 Å². The molecule has 9 atom stereocenters. The third kappa shape index (κ3) is 3.27. The third-order valence-electron chi connectivity index (χ3n) is 11.9. The number of rotatable bonds is 1. The molecular weight excluding hydrogens is 372 g/mol. The van der Waals surface area contributed by atoms with Crippen LogP contribution in [0.25, 0.3) is 0 Å². The number of hydrogen-bond donors (Lipinski definition) is 0. The van der Waals surface area contributed by atoms with Crippen molar-refractivity contribution in [3.05, 3.63) is 24.3 Å². The van der Waals surface area contributed by atoms with E-state index in [0.29, 0.717) is 21.7 Å². The summed E-state index contributed by atoms with van der Waals surface area (Å²) in [6, 6.07) is 0. The molecule has 5 aliphatic carbocycles. The van der Waals surface area contributed by atoms with Crippen LogP contribution >= 0.6 is 0 Å². The molecule has 0 radical (unpaired) electrons. The van der Waals surface area contributed by atoms with Gasteiger partial charge >= 0.3 is 0 Å². The Morgan fingerprint density at radius 3 is 2.16 bits per heavy atom. The van der Waals surface area contributed by atoms with E-state index in [1.54, 1.807) is 0 Å². The fourth-order valence-electron chi connectivity index (χ4n) is 10.8. The second kappa shape index (κ2) is 7.77. The minimum absolute atomic E-state index is 0.382. The predicted molar refractivity (Wildman–Crippen MR) is 136 cm³/mol. The standard InChI is InChI=1S/C29H46.C2H6/c1-19(2)20-11-16-27(5)17-12-22-21(25(20)27)9-10-24-28(22,6)18-13-23-26(3,4)14-8-15-29(23,24)7;1-2/h8,14,20-25H,1,9-13,15-18H2,2-7H3;1-2H3/t20-,21?,22?,23?,24?,25+,27?,28?,29?;/m0./s1. The van der Waals surface area contributed by atoms with Gasteiger partial charge in [-0.15, -0.1) is 0 Å². The topological polar surface area (TPSA) is 0 Å². The van der Waals surface area contributed by atoms with Crippen molar-refractivity contribution in [3.8, 4) is 0 Å². The summed E-state index contributed by atoms with van der Waals surface area (Å²) in [5.41, 5.74) is 3.55. The van der Waals surface area contributed by atoms with Gasteiger partial charge in [0.05, 0.1) is 0 Å². The highest BCUT2D eigenvalue weighted by Gasteiger charge is 2.65. The summed E-state index contributed by atoms with van der Waals surface area (Å²) in [6.45, 7) is 23.9. The third-order valence-corrected chi connectivity index (χ3v) is 11.9. The van der Waals surface area contributed by atoms with Gasteiger partial charge in [-0.1, -0.05) is 72.8 Å². The van der Waals surface area contributed by atoms with E-state index in [0.717, 1.165) is 35.5 Å². The first kappa shape index (κ1) is 23.6. The molecule has 0 aromatic heterocycles. The van der Waals surface area contributed by atoms with E-state index < -0.39 is 0 Å². The van der Waals surface area contributed by atoms with E-state index in [9.17, 15) is 0 Å². The summed E-state index contributed by atoms with van der Waals surface area (Å²) in [5, 5.41) is 0. The van der Waals surface area contributed by atoms with Gasteiger partial charge < -0.3 is 0 Å². The maximum Gasteiger partial charge on any atom is -0.0141 e. The summed E-state index contributed by atoms with van der Waals surface area (Å²) in [6.07, 6.45) is 18.2. The average Bonchev–Trinajstić information content (AvgIpc) is 3.06. The zero-order chi connectivity index (χ0) is 22.8. The van der Waals surface area contributed by atoms with Gasteiger partial charge in [0.1, 0.15) is 0 Å². The quantitative estimate of drug-likeness (QED) is 0.368. The molecule has 0 N–H and O–H groups in total. The smallest absolute Gasteiger partial charge is 0.0141 e. The second-order valence-corrected chi connectivity index (χ2v) is 13.6. The lowest BCUT2D eigenvalue weighted by molar-refractivity contribution is -0.180. The maximum atomic E-state index is 4.47. The molecule has 0 aromatic carbocycles. The molecule has 4 fully saturated rings. The zero-order valence-electron chi connectivity index (χ0n) is 22.2. The van der Waals surface area contributed by atoms with E-state index in [2.05, 4.69) is 60.3 Å². The van der Waals surface area contributed by atoms with E-state index >= 15 is 0 Å². The molecule has 5 rings (SSSR count). The highest BCUT2D eigenvalue weighted by atomic mass is 14.7. The minimum atomic E-state index is 0.382. The fourth-order valence-corrected chi connectivity index (χ4v) is 10.8. The van der Waals surface area contributed by atoms with E-state index in [1.165, 1.54) is 63.4 Å². The first-order valence-electron chi connectivity index (χ1n) is 13.9. The molecule has 176 valence electrons. The Morgan fingerprint density at radius 2 is 1.48 bits per heavy atom. The van der Waals surface area contributed by atoms with Crippen LogP contribution in [0.15, 0.2) is 24.3 Å². The number of allylic oxidation sites excluding steroid dienone is 3. The molecule has 0 bridgehead atoms. The van der Waals surface area contributed by atoms with Crippen LogP contribution in [0.1, 0.15) is 113 Å². The monoisotopic (exact) mass is 424 g/mol. The minimum Gasteiger partial charge on any atom is -0.0998 e. The van der Waals surface area contributed by atoms with Crippen molar-refractivity contribution in [2.75, 3.05) is 0 Å². The van der Waals surface area contributed by atoms with Crippen molar-refractivity contribution in [1.29, 1.82) is 0 Å². The average molecular weight is 425 g/mol. The van der Waals surface area contributed by atoms with Gasteiger partial charge in [0.15, 0.2) is 0 Å². The molecule has 0 nitrogen and oxygen atoms in total. The highest BCUT2D eigenvalue weighted by molar-refractivity contribution is 5.20. The first-order chi connectivity index (χ1) is 14.5. The van der Waals surface area contributed by atoms with Crippen molar-refractivity contribution in [1.82, 2.24) is 0 Å². The van der Waals surface area contributed by atoms with Crippen LogP contribution in [-0.2, 0) is 0 Å². The van der Waals surface area contributed by atoms with Gasteiger partial charge in [0.2, 0.25) is 0 Å². The maximum absolute atomic E-state index is 4.47. The van der Waals surface area contributed by atoms with Gasteiger partial charge in [0, 0.05) is 0 Å². The Labute approximate surface area is 194 Å². The van der Waals surface area contributed by atoms with Gasteiger partial charge in [0.25, 0.3) is 0 Å². The predicted octanol–water partition coefficient (Wildman–Crippen LogP) is 9.47. The van der Waals surface area contributed by atoms with Crippen molar-refractivity contribution in [2.45, 2.75) is 113 Å². The van der Waals surface area contributed by atoms with Crippen LogP contribution in [0.3, 0.4) is 0 Å². The molecule has 0 saturated heterocycles. The summed E-state index contributed by atoms with van der Waals surface area (Å²) in [7, 11) is 0. The van der Waals surface area contributed by atoms with Crippen molar-refractivity contribution in [3.63, 3.8) is 0 Å². The molecule has 0 aromatic rings. The molecule has 7 unspecified atom stereocenters. The Bertz CT molecular complexity index is 726. The fraction of sp³-hybridized carbons (Fsp3) is 0.871. The van der Waals surface area contributed by atoms with Crippen LogP contribution in [0.4, 0.5) is 0 Å². The van der Waals surface area contributed by atoms with Crippen LogP contribution < -0.4 is 0 Å². The molecule has 31 heavy (non-hydrogen) atoms. The molecule has 0 spiro atoms. The van der Waals surface area contributed by atoms with Gasteiger partial charge in [-0.05, 0) is 122 Å². The van der Waals surface area contributed by atoms with E-state index in [4.69, 9.17) is 0 Å². The largest absolute Gasteiger partial charge is 0.0998 e. The molecule has 0 heterocycles. The lowest BCUT2D eigenvalue weighted by Gasteiger charge is -2.68. The highest BCUT2D eigenvalue weighted by Crippen LogP contribution is 2.73. The Morgan fingerprint density at radius 1 is 0.806 bits per heavy atom. The first-order valence-corrected chi connectivity index (χ1v) is 13.9. The SMILES string of the molecule is C=C(C)[C@@H]1CCC2(C)CCC3C(CCC4C3(C)CCC3C(C)(C)C=CCC34C)[C@@H]12.CC. The lowest BCUT2D eigenvalue weighted by Crippen LogP contribution is -2.60. The normalized spacial score (nSPS) is 52.0. The van der Waals surface area contributed by atoms with Gasteiger partial charge in [-0.3, -0.25) is 0 Å². The van der Waals surface area contributed by atoms with Gasteiger partial charge in [-0.2, -0.15) is 0 Å². The number of hydrogen-bond acceptors (Lipinski definition) is 0. The molecular formula is C31H52. The molecule has 0 heteroatoms. The summed E-state index contributed by atoms with van der Waals surface area (Å²) in [4.78, 5) is 0.